The molecule has 0 fully saturated rings. The van der Waals surface area contributed by atoms with Crippen molar-refractivity contribution in [3.63, 3.8) is 0 Å². The third-order valence-electron chi connectivity index (χ3n) is 3.17. The van der Waals surface area contributed by atoms with E-state index in [0.29, 0.717) is 24.3 Å². The third-order valence-corrected chi connectivity index (χ3v) is 3.17. The number of aromatic nitrogens is 2. The van der Waals surface area contributed by atoms with Crippen LogP contribution in [0.4, 0.5) is 30.6 Å². The summed E-state index contributed by atoms with van der Waals surface area (Å²) in [6.45, 7) is 1.00. The summed E-state index contributed by atoms with van der Waals surface area (Å²) in [7, 11) is 3.70. The summed E-state index contributed by atoms with van der Waals surface area (Å²) in [5, 5.41) is 14.6. The van der Waals surface area contributed by atoms with Gasteiger partial charge in [0.25, 0.3) is 0 Å². The molecule has 6 nitrogen and oxygen atoms in total. The summed E-state index contributed by atoms with van der Waals surface area (Å²) < 4.78 is 39.2. The lowest BCUT2D eigenvalue weighted by Gasteiger charge is -2.14. The molecular formula is C16H17F3N6. The maximum absolute atomic E-state index is 13.1. The molecule has 0 atom stereocenters. The zero-order valence-corrected chi connectivity index (χ0v) is 13.7. The molecule has 2 aromatic rings. The Morgan fingerprint density at radius 3 is 2.56 bits per heavy atom. The Morgan fingerprint density at radius 1 is 1.20 bits per heavy atom. The van der Waals surface area contributed by atoms with E-state index < -0.39 is 11.9 Å². The van der Waals surface area contributed by atoms with Gasteiger partial charge in [0.05, 0.1) is 11.3 Å². The lowest BCUT2D eigenvalue weighted by atomic mass is 10.2. The average Bonchev–Trinajstić information content (AvgIpc) is 2.54. The molecule has 9 heteroatoms. The number of likely N-dealkylation sites (N-methyl/N-ethyl adjacent to an activating group) is 1. The normalized spacial score (nSPS) is 11.2. The molecule has 0 aliphatic heterocycles. The highest BCUT2D eigenvalue weighted by molar-refractivity contribution is 5.65. The van der Waals surface area contributed by atoms with Crippen LogP contribution < -0.4 is 10.6 Å². The van der Waals surface area contributed by atoms with E-state index in [1.807, 2.05) is 25.1 Å². The molecule has 2 N–H and O–H groups in total. The Balaban J connectivity index is 2.31. The number of nitriles is 1. The lowest BCUT2D eigenvalue weighted by molar-refractivity contribution is -0.141. The van der Waals surface area contributed by atoms with E-state index in [1.165, 1.54) is 0 Å². The van der Waals surface area contributed by atoms with Crippen LogP contribution in [0.25, 0.3) is 0 Å². The number of anilines is 3. The number of halogens is 3. The fraction of sp³-hybridized carbons (Fsp3) is 0.312. The molecule has 0 spiro atoms. The van der Waals surface area contributed by atoms with Crippen LogP contribution in [0.2, 0.25) is 0 Å². The van der Waals surface area contributed by atoms with E-state index in [9.17, 15) is 13.2 Å². The van der Waals surface area contributed by atoms with E-state index in [-0.39, 0.29) is 11.8 Å². The number of nitrogens with zero attached hydrogens (tertiary/aromatic N) is 4. The second-order valence-corrected chi connectivity index (χ2v) is 5.47. The van der Waals surface area contributed by atoms with Crippen LogP contribution in [-0.4, -0.2) is 42.1 Å². The van der Waals surface area contributed by atoms with Gasteiger partial charge in [-0.25, -0.2) is 4.98 Å². The summed E-state index contributed by atoms with van der Waals surface area (Å²) in [4.78, 5) is 9.45. The standard InChI is InChI=1S/C16H17F3N6/c1-25(2)8-7-21-15-23-13(16(17,18)19)9-14(24-15)22-12-6-4-3-5-11(12)10-20/h3-6,9H,7-8H2,1-2H3,(H2,21,22,23,24). The molecule has 0 saturated carbocycles. The fourth-order valence-electron chi connectivity index (χ4n) is 1.95. The van der Waals surface area contributed by atoms with Gasteiger partial charge >= 0.3 is 6.18 Å². The third kappa shape index (κ3) is 5.32. The molecule has 1 heterocycles. The molecule has 1 aromatic carbocycles. The second kappa shape index (κ2) is 7.81. The molecule has 0 bridgehead atoms. The van der Waals surface area contributed by atoms with E-state index in [1.54, 1.807) is 24.3 Å². The summed E-state index contributed by atoms with van der Waals surface area (Å²) in [6, 6.07) is 9.27. The molecular weight excluding hydrogens is 333 g/mol. The van der Waals surface area contributed by atoms with Gasteiger partial charge in [-0.15, -0.1) is 0 Å². The van der Waals surface area contributed by atoms with Crippen LogP contribution in [0.3, 0.4) is 0 Å². The fourth-order valence-corrected chi connectivity index (χ4v) is 1.95. The number of nitrogens with one attached hydrogen (secondary N) is 2. The first-order valence-electron chi connectivity index (χ1n) is 7.40. The minimum atomic E-state index is -4.61. The molecule has 0 aliphatic rings. The average molecular weight is 350 g/mol. The monoisotopic (exact) mass is 350 g/mol. The predicted molar refractivity (Wildman–Crippen MR) is 88.5 cm³/mol. The van der Waals surface area contributed by atoms with Crippen molar-refractivity contribution in [1.82, 2.24) is 14.9 Å². The Kier molecular flexibility index (Phi) is 5.77. The second-order valence-electron chi connectivity index (χ2n) is 5.47. The molecule has 0 aliphatic carbocycles. The Morgan fingerprint density at radius 2 is 1.92 bits per heavy atom. The van der Waals surface area contributed by atoms with Crippen LogP contribution >= 0.6 is 0 Å². The Bertz CT molecular complexity index is 767. The van der Waals surface area contributed by atoms with E-state index in [0.717, 1.165) is 6.07 Å². The van der Waals surface area contributed by atoms with Crippen molar-refractivity contribution in [3.8, 4) is 6.07 Å². The number of rotatable bonds is 6. The van der Waals surface area contributed by atoms with Gasteiger partial charge in [-0.2, -0.15) is 23.4 Å². The lowest BCUT2D eigenvalue weighted by Crippen LogP contribution is -2.22. The van der Waals surface area contributed by atoms with Crippen molar-refractivity contribution in [2.75, 3.05) is 37.8 Å². The van der Waals surface area contributed by atoms with Gasteiger partial charge in [0, 0.05) is 19.2 Å². The maximum Gasteiger partial charge on any atom is 0.433 e. The molecule has 2 rings (SSSR count). The first-order valence-corrected chi connectivity index (χ1v) is 7.40. The first kappa shape index (κ1) is 18.5. The van der Waals surface area contributed by atoms with Crippen LogP contribution in [-0.2, 0) is 6.18 Å². The number of benzene rings is 1. The molecule has 25 heavy (non-hydrogen) atoms. The van der Waals surface area contributed by atoms with Crippen molar-refractivity contribution < 1.29 is 13.2 Å². The van der Waals surface area contributed by atoms with Gasteiger partial charge in [-0.1, -0.05) is 12.1 Å². The number of para-hydroxylation sites is 1. The zero-order valence-electron chi connectivity index (χ0n) is 13.7. The first-order chi connectivity index (χ1) is 11.8. The predicted octanol–water partition coefficient (Wildman–Crippen LogP) is 3.08. The number of hydrogen-bond donors (Lipinski definition) is 2. The zero-order chi connectivity index (χ0) is 18.4. The summed E-state index contributed by atoms with van der Waals surface area (Å²) in [5.74, 6) is -0.175. The van der Waals surface area contributed by atoms with Gasteiger partial charge < -0.3 is 15.5 Å². The maximum atomic E-state index is 13.1. The minimum absolute atomic E-state index is 0.0441. The summed E-state index contributed by atoms with van der Waals surface area (Å²) in [5.41, 5.74) is -0.389. The van der Waals surface area contributed by atoms with Crippen molar-refractivity contribution in [3.05, 3.63) is 41.6 Å². The van der Waals surface area contributed by atoms with E-state index in [2.05, 4.69) is 20.6 Å². The Labute approximate surface area is 143 Å². The molecule has 0 radical (unpaired) electrons. The molecule has 0 saturated heterocycles. The highest BCUT2D eigenvalue weighted by atomic mass is 19.4. The smallest absolute Gasteiger partial charge is 0.353 e. The highest BCUT2D eigenvalue weighted by Gasteiger charge is 2.33. The summed E-state index contributed by atoms with van der Waals surface area (Å²) >= 11 is 0. The number of hydrogen-bond acceptors (Lipinski definition) is 6. The van der Waals surface area contributed by atoms with Gasteiger partial charge in [0.1, 0.15) is 11.9 Å². The van der Waals surface area contributed by atoms with Gasteiger partial charge in [0.15, 0.2) is 5.69 Å². The van der Waals surface area contributed by atoms with Crippen molar-refractivity contribution in [2.45, 2.75) is 6.18 Å². The van der Waals surface area contributed by atoms with Crippen molar-refractivity contribution >= 4 is 17.5 Å². The van der Waals surface area contributed by atoms with Gasteiger partial charge in [-0.3, -0.25) is 0 Å². The molecule has 132 valence electrons. The van der Waals surface area contributed by atoms with E-state index >= 15 is 0 Å². The highest BCUT2D eigenvalue weighted by Crippen LogP contribution is 2.30. The van der Waals surface area contributed by atoms with E-state index in [4.69, 9.17) is 5.26 Å². The van der Waals surface area contributed by atoms with Crippen LogP contribution in [0.15, 0.2) is 30.3 Å². The Hall–Kier alpha value is -2.86. The SMILES string of the molecule is CN(C)CCNc1nc(Nc2ccccc2C#N)cc(C(F)(F)F)n1. The molecule has 0 unspecified atom stereocenters. The van der Waals surface area contributed by atoms with Gasteiger partial charge in [0.2, 0.25) is 5.95 Å². The summed E-state index contributed by atoms with van der Waals surface area (Å²) in [6.07, 6.45) is -4.61. The van der Waals surface area contributed by atoms with Gasteiger partial charge in [-0.05, 0) is 26.2 Å². The number of alkyl halides is 3. The van der Waals surface area contributed by atoms with Crippen LogP contribution in [0, 0.1) is 11.3 Å². The van der Waals surface area contributed by atoms with Crippen LogP contribution in [0.1, 0.15) is 11.3 Å². The topological polar surface area (TPSA) is 76.9 Å². The van der Waals surface area contributed by atoms with Crippen molar-refractivity contribution in [1.29, 1.82) is 5.26 Å². The molecule has 1 aromatic heterocycles. The minimum Gasteiger partial charge on any atom is -0.353 e. The molecule has 0 amide bonds. The van der Waals surface area contributed by atoms with Crippen LogP contribution in [0.5, 0.6) is 0 Å². The van der Waals surface area contributed by atoms with Crippen molar-refractivity contribution in [2.24, 2.45) is 0 Å². The largest absolute Gasteiger partial charge is 0.433 e. The quantitative estimate of drug-likeness (QED) is 0.834.